The Balaban J connectivity index is 2.09. The molecule has 3 aromatic heterocycles. The molecule has 0 radical (unpaired) electrons. The molecule has 3 heterocycles. The van der Waals surface area contributed by atoms with Crippen molar-refractivity contribution >= 4 is 34.3 Å². The normalized spacial score (nSPS) is 10.9. The van der Waals surface area contributed by atoms with Crippen molar-refractivity contribution in [2.75, 3.05) is 25.2 Å². The van der Waals surface area contributed by atoms with Crippen LogP contribution in [0.4, 0.5) is 11.5 Å². The molecule has 0 aliphatic heterocycles. The molecule has 3 rings (SSSR count). The Labute approximate surface area is 156 Å². The van der Waals surface area contributed by atoms with E-state index < -0.39 is 0 Å². The van der Waals surface area contributed by atoms with Crippen molar-refractivity contribution < 1.29 is 4.74 Å². The molecule has 0 spiro atoms. The van der Waals surface area contributed by atoms with Gasteiger partial charge in [0.05, 0.1) is 23.2 Å². The molecule has 0 saturated heterocycles. The average Bonchev–Trinajstić information content (AvgIpc) is 3.01. The number of nitriles is 1. The van der Waals surface area contributed by atoms with Gasteiger partial charge in [-0.25, -0.2) is 15.0 Å². The number of aromatic nitrogens is 4. The van der Waals surface area contributed by atoms with Crippen LogP contribution in [0.5, 0.6) is 0 Å². The fourth-order valence-electron chi connectivity index (χ4n) is 2.80. The molecule has 134 valence electrons. The zero-order valence-electron chi connectivity index (χ0n) is 14.9. The summed E-state index contributed by atoms with van der Waals surface area (Å²) in [4.78, 5) is 15.3. The predicted octanol–water partition coefficient (Wildman–Crippen LogP) is 3.37. The van der Waals surface area contributed by atoms with Crippen LogP contribution in [0.1, 0.15) is 17.7 Å². The summed E-state index contributed by atoms with van der Waals surface area (Å²) in [6.07, 6.45) is 4.19. The molecule has 0 bridgehead atoms. The second-order valence-corrected chi connectivity index (χ2v) is 6.36. The van der Waals surface area contributed by atoms with E-state index in [0.717, 1.165) is 17.7 Å². The number of hydrogen-bond donors (Lipinski definition) is 0. The van der Waals surface area contributed by atoms with Crippen LogP contribution < -0.4 is 4.90 Å². The standard InChI is InChI=1S/C18H19ClN6O/c1-12-7-13(9-20)21-10-15(12)25(5-4-6-26-3)16-8-14(19)17-18(23-16)24(2)11-22-17/h7-8,10-11H,4-6H2,1-3H3. The van der Waals surface area contributed by atoms with Gasteiger partial charge >= 0.3 is 0 Å². The maximum Gasteiger partial charge on any atom is 0.163 e. The Morgan fingerprint density at radius 2 is 2.15 bits per heavy atom. The molecule has 0 saturated carbocycles. The van der Waals surface area contributed by atoms with Gasteiger partial charge in [0.25, 0.3) is 0 Å². The van der Waals surface area contributed by atoms with Crippen molar-refractivity contribution in [3.05, 3.63) is 40.9 Å². The van der Waals surface area contributed by atoms with E-state index in [1.54, 1.807) is 31.8 Å². The minimum Gasteiger partial charge on any atom is -0.385 e. The van der Waals surface area contributed by atoms with Gasteiger partial charge in [-0.2, -0.15) is 5.26 Å². The van der Waals surface area contributed by atoms with E-state index >= 15 is 0 Å². The van der Waals surface area contributed by atoms with Crippen LogP contribution >= 0.6 is 11.6 Å². The maximum atomic E-state index is 9.06. The Hall–Kier alpha value is -2.69. The first-order chi connectivity index (χ1) is 12.5. The number of pyridine rings is 2. The zero-order valence-corrected chi connectivity index (χ0v) is 15.7. The summed E-state index contributed by atoms with van der Waals surface area (Å²) in [7, 11) is 3.56. The van der Waals surface area contributed by atoms with Crippen LogP contribution in [-0.4, -0.2) is 39.8 Å². The number of imidazole rings is 1. The number of aryl methyl sites for hydroxylation is 2. The lowest BCUT2D eigenvalue weighted by Crippen LogP contribution is -2.22. The molecule has 0 aliphatic rings. The van der Waals surface area contributed by atoms with Gasteiger partial charge in [0.15, 0.2) is 5.65 Å². The zero-order chi connectivity index (χ0) is 18.7. The van der Waals surface area contributed by atoms with Gasteiger partial charge in [0.1, 0.15) is 23.1 Å². The lowest BCUT2D eigenvalue weighted by atomic mass is 10.2. The first-order valence-corrected chi connectivity index (χ1v) is 8.53. The quantitative estimate of drug-likeness (QED) is 0.619. The monoisotopic (exact) mass is 370 g/mol. The van der Waals surface area contributed by atoms with Crippen molar-refractivity contribution in [3.8, 4) is 6.07 Å². The first kappa shape index (κ1) is 18.1. The number of nitrogens with zero attached hydrogens (tertiary/aromatic N) is 6. The van der Waals surface area contributed by atoms with E-state index in [-0.39, 0.29) is 0 Å². The summed E-state index contributed by atoms with van der Waals surface area (Å²) in [5.74, 6) is 0.705. The van der Waals surface area contributed by atoms with Crippen LogP contribution in [0.25, 0.3) is 11.2 Å². The topological polar surface area (TPSA) is 79.9 Å². The van der Waals surface area contributed by atoms with Gasteiger partial charge < -0.3 is 14.2 Å². The molecule has 0 fully saturated rings. The summed E-state index contributed by atoms with van der Waals surface area (Å²) < 4.78 is 7.02. The van der Waals surface area contributed by atoms with Gasteiger partial charge in [0, 0.05) is 33.4 Å². The summed E-state index contributed by atoms with van der Waals surface area (Å²) in [5.41, 5.74) is 3.59. The summed E-state index contributed by atoms with van der Waals surface area (Å²) in [6.45, 7) is 3.25. The summed E-state index contributed by atoms with van der Waals surface area (Å²) >= 11 is 6.43. The molecule has 8 heteroatoms. The Morgan fingerprint density at radius 1 is 1.35 bits per heavy atom. The highest BCUT2D eigenvalue weighted by molar-refractivity contribution is 6.35. The van der Waals surface area contributed by atoms with Crippen LogP contribution in [0.3, 0.4) is 0 Å². The highest BCUT2D eigenvalue weighted by atomic mass is 35.5. The van der Waals surface area contributed by atoms with E-state index in [1.165, 1.54) is 0 Å². The number of hydrogen-bond acceptors (Lipinski definition) is 6. The van der Waals surface area contributed by atoms with E-state index in [2.05, 4.69) is 16.0 Å². The van der Waals surface area contributed by atoms with Crippen LogP contribution in [-0.2, 0) is 11.8 Å². The molecular weight excluding hydrogens is 352 g/mol. The SMILES string of the molecule is COCCCN(c1cc(Cl)c2ncn(C)c2n1)c1cnc(C#N)cc1C. The number of methoxy groups -OCH3 is 1. The van der Waals surface area contributed by atoms with Crippen LogP contribution in [0, 0.1) is 18.3 Å². The fourth-order valence-corrected chi connectivity index (χ4v) is 3.03. The maximum absolute atomic E-state index is 9.06. The predicted molar refractivity (Wildman–Crippen MR) is 101 cm³/mol. The Kier molecular flexibility index (Phi) is 5.35. The molecule has 3 aromatic rings. The van der Waals surface area contributed by atoms with Crippen LogP contribution in [0.2, 0.25) is 5.02 Å². The van der Waals surface area contributed by atoms with Crippen molar-refractivity contribution in [1.29, 1.82) is 5.26 Å². The van der Waals surface area contributed by atoms with Gasteiger partial charge in [-0.3, -0.25) is 0 Å². The summed E-state index contributed by atoms with van der Waals surface area (Å²) in [5, 5.41) is 9.60. The molecule has 7 nitrogen and oxygen atoms in total. The number of fused-ring (bicyclic) bond motifs is 1. The van der Waals surface area contributed by atoms with Crippen molar-refractivity contribution in [2.24, 2.45) is 7.05 Å². The minimum absolute atomic E-state index is 0.385. The molecule has 0 aliphatic carbocycles. The lowest BCUT2D eigenvalue weighted by molar-refractivity contribution is 0.196. The molecule has 0 N–H and O–H groups in total. The second-order valence-electron chi connectivity index (χ2n) is 5.96. The van der Waals surface area contributed by atoms with E-state index in [4.69, 9.17) is 26.6 Å². The molecule has 26 heavy (non-hydrogen) atoms. The number of anilines is 2. The van der Waals surface area contributed by atoms with Crippen LogP contribution in [0.15, 0.2) is 24.7 Å². The lowest BCUT2D eigenvalue weighted by Gasteiger charge is -2.25. The summed E-state index contributed by atoms with van der Waals surface area (Å²) in [6, 6.07) is 5.64. The molecule has 0 atom stereocenters. The fraction of sp³-hybridized carbons (Fsp3) is 0.333. The largest absolute Gasteiger partial charge is 0.385 e. The van der Waals surface area contributed by atoms with Gasteiger partial charge in [-0.05, 0) is 25.0 Å². The third kappa shape index (κ3) is 3.47. The Morgan fingerprint density at radius 3 is 2.85 bits per heavy atom. The molecule has 0 amide bonds. The smallest absolute Gasteiger partial charge is 0.163 e. The number of halogens is 1. The highest BCUT2D eigenvalue weighted by Gasteiger charge is 2.17. The van der Waals surface area contributed by atoms with Gasteiger partial charge in [-0.1, -0.05) is 11.6 Å². The van der Waals surface area contributed by atoms with Crippen molar-refractivity contribution in [3.63, 3.8) is 0 Å². The average molecular weight is 371 g/mol. The van der Waals surface area contributed by atoms with E-state index in [0.29, 0.717) is 40.8 Å². The molecular formula is C18H19ClN6O. The molecule has 0 unspecified atom stereocenters. The van der Waals surface area contributed by atoms with Crippen molar-refractivity contribution in [1.82, 2.24) is 19.5 Å². The minimum atomic E-state index is 0.385. The van der Waals surface area contributed by atoms with E-state index in [1.807, 2.05) is 23.4 Å². The number of rotatable bonds is 6. The van der Waals surface area contributed by atoms with Gasteiger partial charge in [0.2, 0.25) is 0 Å². The second kappa shape index (κ2) is 7.68. The third-order valence-electron chi connectivity index (χ3n) is 4.10. The Bertz CT molecular complexity index is 978. The third-order valence-corrected chi connectivity index (χ3v) is 4.39. The van der Waals surface area contributed by atoms with Gasteiger partial charge in [-0.15, -0.1) is 0 Å². The van der Waals surface area contributed by atoms with Crippen molar-refractivity contribution in [2.45, 2.75) is 13.3 Å². The molecule has 0 aromatic carbocycles. The van der Waals surface area contributed by atoms with E-state index in [9.17, 15) is 0 Å². The first-order valence-electron chi connectivity index (χ1n) is 8.16. The highest BCUT2D eigenvalue weighted by Crippen LogP contribution is 2.31. The number of ether oxygens (including phenoxy) is 1.